The average molecular weight is 197 g/mol. The van der Waals surface area contributed by atoms with Crippen LogP contribution in [0.25, 0.3) is 11.0 Å². The fourth-order valence-electron chi connectivity index (χ4n) is 1.04. The van der Waals surface area contributed by atoms with Gasteiger partial charge in [-0.05, 0) is 24.4 Å². The van der Waals surface area contributed by atoms with Crippen molar-refractivity contribution in [1.29, 1.82) is 0 Å². The second-order valence-electron chi connectivity index (χ2n) is 2.42. The molecule has 60 valence electrons. The maximum atomic E-state index is 5.79. The summed E-state index contributed by atoms with van der Waals surface area (Å²) in [5, 5.41) is 1.46. The fourth-order valence-corrected chi connectivity index (χ4v) is 1.34. The predicted molar refractivity (Wildman–Crippen MR) is 52.1 cm³/mol. The highest BCUT2D eigenvalue weighted by atomic mass is 35.5. The summed E-state index contributed by atoms with van der Waals surface area (Å²) in [7, 11) is 0. The molecule has 0 fully saturated rings. The Kier molecular flexibility index (Phi) is 1.87. The van der Waals surface area contributed by atoms with Crippen LogP contribution in [0, 0.1) is 4.71 Å². The van der Waals surface area contributed by atoms with Gasteiger partial charge in [0.15, 0.2) is 0 Å². The molecule has 0 saturated heterocycles. The highest BCUT2D eigenvalue weighted by Gasteiger charge is 1.97. The van der Waals surface area contributed by atoms with Gasteiger partial charge in [0.25, 0.3) is 0 Å². The van der Waals surface area contributed by atoms with E-state index >= 15 is 0 Å². The number of hydrogen-bond acceptors (Lipinski definition) is 2. The molecule has 0 saturated carbocycles. The summed E-state index contributed by atoms with van der Waals surface area (Å²) in [6.45, 7) is 0. The van der Waals surface area contributed by atoms with Gasteiger partial charge in [0.1, 0.15) is 5.58 Å². The Morgan fingerprint density at radius 1 is 1.25 bits per heavy atom. The van der Waals surface area contributed by atoms with E-state index in [1.807, 2.05) is 30.3 Å². The summed E-state index contributed by atoms with van der Waals surface area (Å²) in [5.74, 6) is 0. The molecule has 0 aliphatic heterocycles. The van der Waals surface area contributed by atoms with Crippen molar-refractivity contribution in [1.82, 2.24) is 0 Å². The molecule has 1 nitrogen and oxygen atoms in total. The standard InChI is InChI=1S/C9H5ClOS/c10-7-5-6-3-1-2-4-8(6)11-9(7)12/h1-5H. The lowest BCUT2D eigenvalue weighted by Gasteiger charge is -1.95. The van der Waals surface area contributed by atoms with Crippen LogP contribution in [0.5, 0.6) is 0 Å². The van der Waals surface area contributed by atoms with E-state index in [2.05, 4.69) is 0 Å². The molecule has 2 aromatic rings. The van der Waals surface area contributed by atoms with Crippen molar-refractivity contribution in [3.63, 3.8) is 0 Å². The lowest BCUT2D eigenvalue weighted by atomic mass is 10.2. The van der Waals surface area contributed by atoms with Crippen LogP contribution in [-0.2, 0) is 0 Å². The number of rotatable bonds is 0. The molecule has 0 atom stereocenters. The summed E-state index contributed by atoms with van der Waals surface area (Å²) < 4.78 is 5.62. The maximum absolute atomic E-state index is 5.79. The number of para-hydroxylation sites is 1. The zero-order valence-corrected chi connectivity index (χ0v) is 7.65. The van der Waals surface area contributed by atoms with Gasteiger partial charge in [-0.1, -0.05) is 29.8 Å². The van der Waals surface area contributed by atoms with Crippen LogP contribution in [0.2, 0.25) is 5.02 Å². The molecule has 0 aliphatic carbocycles. The molecular formula is C9H5ClOS. The monoisotopic (exact) mass is 196 g/mol. The Labute approximate surface area is 79.6 Å². The Morgan fingerprint density at radius 3 is 2.83 bits per heavy atom. The van der Waals surface area contributed by atoms with Crippen LogP contribution in [-0.4, -0.2) is 0 Å². The van der Waals surface area contributed by atoms with Crippen LogP contribution >= 0.6 is 23.8 Å². The Bertz CT molecular complexity index is 475. The zero-order chi connectivity index (χ0) is 8.55. The van der Waals surface area contributed by atoms with Gasteiger partial charge >= 0.3 is 0 Å². The van der Waals surface area contributed by atoms with Gasteiger partial charge in [-0.2, -0.15) is 0 Å². The highest BCUT2D eigenvalue weighted by molar-refractivity contribution is 7.71. The van der Waals surface area contributed by atoms with Crippen molar-refractivity contribution >= 4 is 34.8 Å². The van der Waals surface area contributed by atoms with E-state index in [1.54, 1.807) is 0 Å². The zero-order valence-electron chi connectivity index (χ0n) is 6.08. The molecular weight excluding hydrogens is 192 g/mol. The molecule has 1 aromatic heterocycles. The number of halogens is 1. The molecule has 0 amide bonds. The van der Waals surface area contributed by atoms with Crippen molar-refractivity contribution in [2.45, 2.75) is 0 Å². The highest BCUT2D eigenvalue weighted by Crippen LogP contribution is 2.20. The lowest BCUT2D eigenvalue weighted by molar-refractivity contribution is 0.587. The minimum Gasteiger partial charge on any atom is -0.444 e. The van der Waals surface area contributed by atoms with Crippen molar-refractivity contribution in [3.8, 4) is 0 Å². The molecule has 0 unspecified atom stereocenters. The molecule has 0 bridgehead atoms. The van der Waals surface area contributed by atoms with E-state index in [4.69, 9.17) is 28.2 Å². The first kappa shape index (κ1) is 7.77. The van der Waals surface area contributed by atoms with E-state index in [1.165, 1.54) is 0 Å². The molecule has 3 heteroatoms. The van der Waals surface area contributed by atoms with Crippen LogP contribution < -0.4 is 0 Å². The summed E-state index contributed by atoms with van der Waals surface area (Å²) in [5.41, 5.74) is 0.770. The molecule has 1 heterocycles. The minimum atomic E-state index is 0.343. The van der Waals surface area contributed by atoms with Gasteiger partial charge in [-0.3, -0.25) is 0 Å². The molecule has 0 radical (unpaired) electrons. The SMILES string of the molecule is S=c1oc2ccccc2cc1Cl. The van der Waals surface area contributed by atoms with Gasteiger partial charge in [-0.25, -0.2) is 0 Å². The summed E-state index contributed by atoms with van der Waals surface area (Å²) in [6.07, 6.45) is 0. The first-order chi connectivity index (χ1) is 5.77. The van der Waals surface area contributed by atoms with E-state index < -0.39 is 0 Å². The third kappa shape index (κ3) is 1.24. The van der Waals surface area contributed by atoms with Crippen LogP contribution in [0.1, 0.15) is 0 Å². The van der Waals surface area contributed by atoms with E-state index in [0.717, 1.165) is 11.0 Å². The van der Waals surface area contributed by atoms with E-state index in [9.17, 15) is 0 Å². The van der Waals surface area contributed by atoms with Gasteiger partial charge < -0.3 is 4.42 Å². The largest absolute Gasteiger partial charge is 0.444 e. The minimum absolute atomic E-state index is 0.343. The summed E-state index contributed by atoms with van der Waals surface area (Å²) >= 11 is 10.7. The van der Waals surface area contributed by atoms with Gasteiger partial charge in [-0.15, -0.1) is 0 Å². The third-order valence-corrected chi connectivity index (χ3v) is 2.29. The van der Waals surface area contributed by atoms with Crippen molar-refractivity contribution in [2.24, 2.45) is 0 Å². The Morgan fingerprint density at radius 2 is 2.00 bits per heavy atom. The average Bonchev–Trinajstić information content (AvgIpc) is 2.07. The van der Waals surface area contributed by atoms with Crippen molar-refractivity contribution < 1.29 is 4.42 Å². The van der Waals surface area contributed by atoms with Crippen LogP contribution in [0.15, 0.2) is 34.7 Å². The number of hydrogen-bond donors (Lipinski definition) is 0. The summed E-state index contributed by atoms with van der Waals surface area (Å²) in [6, 6.07) is 9.43. The first-order valence-electron chi connectivity index (χ1n) is 3.46. The van der Waals surface area contributed by atoms with Gasteiger partial charge in [0.05, 0.1) is 5.02 Å². The summed E-state index contributed by atoms with van der Waals surface area (Å²) in [4.78, 5) is 0. The maximum Gasteiger partial charge on any atom is 0.209 e. The van der Waals surface area contributed by atoms with Crippen LogP contribution in [0.3, 0.4) is 0 Å². The second-order valence-corrected chi connectivity index (χ2v) is 3.20. The predicted octanol–water partition coefficient (Wildman–Crippen LogP) is 3.82. The Balaban J connectivity index is 2.93. The molecule has 1 aromatic carbocycles. The molecule has 0 aliphatic rings. The van der Waals surface area contributed by atoms with Gasteiger partial charge in [0.2, 0.25) is 4.71 Å². The number of fused-ring (bicyclic) bond motifs is 1. The molecule has 2 rings (SSSR count). The Hall–Kier alpha value is -0.860. The first-order valence-corrected chi connectivity index (χ1v) is 4.24. The van der Waals surface area contributed by atoms with E-state index in [0.29, 0.717) is 9.73 Å². The van der Waals surface area contributed by atoms with Crippen LogP contribution in [0.4, 0.5) is 0 Å². The normalized spacial score (nSPS) is 10.4. The fraction of sp³-hybridized carbons (Fsp3) is 0. The lowest BCUT2D eigenvalue weighted by Crippen LogP contribution is -1.72. The molecule has 0 spiro atoms. The van der Waals surface area contributed by atoms with Gasteiger partial charge in [0, 0.05) is 5.39 Å². The topological polar surface area (TPSA) is 13.1 Å². The third-order valence-electron chi connectivity index (χ3n) is 1.60. The number of benzene rings is 1. The van der Waals surface area contributed by atoms with E-state index in [-0.39, 0.29) is 0 Å². The molecule has 0 N–H and O–H groups in total. The quantitative estimate of drug-likeness (QED) is 0.595. The van der Waals surface area contributed by atoms with Crippen molar-refractivity contribution in [2.75, 3.05) is 0 Å². The molecule has 12 heavy (non-hydrogen) atoms. The van der Waals surface area contributed by atoms with Crippen molar-refractivity contribution in [3.05, 3.63) is 40.1 Å². The second kappa shape index (κ2) is 2.88. The smallest absolute Gasteiger partial charge is 0.209 e.